The van der Waals surface area contributed by atoms with Crippen molar-refractivity contribution in [1.82, 2.24) is 9.29 Å². The molecule has 0 amide bonds. The average molecular weight is 418 g/mol. The molecule has 0 saturated carbocycles. The quantitative estimate of drug-likeness (QED) is 0.568. The fraction of sp³-hybridized carbons (Fsp3) is 0.250. The fourth-order valence-electron chi connectivity index (χ4n) is 3.02. The molecule has 0 bridgehead atoms. The standard InChI is InChI=1S/C20H22N2O6S/c1-22-9-8-13-10-14(4-6-16(13)22)17(23)12-21-29(25,26)19-11-15(20(24)28-3)5-7-18(19)27-2/h4-11,17,21,23H,12H2,1-3H3. The van der Waals surface area contributed by atoms with E-state index in [0.717, 1.165) is 10.9 Å². The van der Waals surface area contributed by atoms with Gasteiger partial charge in [-0.25, -0.2) is 17.9 Å². The predicted octanol–water partition coefficient (Wildman–Crippen LogP) is 1.99. The van der Waals surface area contributed by atoms with Gasteiger partial charge in [0.1, 0.15) is 10.6 Å². The number of methoxy groups -OCH3 is 2. The van der Waals surface area contributed by atoms with Crippen molar-refractivity contribution in [2.75, 3.05) is 20.8 Å². The summed E-state index contributed by atoms with van der Waals surface area (Å²) in [5.74, 6) is -0.592. The minimum atomic E-state index is -4.06. The molecule has 154 valence electrons. The van der Waals surface area contributed by atoms with Crippen LogP contribution in [0.25, 0.3) is 10.9 Å². The number of nitrogens with zero attached hydrogens (tertiary/aromatic N) is 1. The Morgan fingerprint density at radius 3 is 2.62 bits per heavy atom. The number of carbonyl (C=O) groups is 1. The molecule has 0 fully saturated rings. The Morgan fingerprint density at radius 1 is 1.17 bits per heavy atom. The van der Waals surface area contributed by atoms with E-state index in [4.69, 9.17) is 4.74 Å². The van der Waals surface area contributed by atoms with E-state index >= 15 is 0 Å². The molecule has 1 heterocycles. The maximum absolute atomic E-state index is 12.8. The molecule has 3 aromatic rings. The van der Waals surface area contributed by atoms with Gasteiger partial charge in [-0.2, -0.15) is 0 Å². The Labute approximate surface area is 168 Å². The highest BCUT2D eigenvalue weighted by molar-refractivity contribution is 7.89. The number of aromatic nitrogens is 1. The van der Waals surface area contributed by atoms with Gasteiger partial charge >= 0.3 is 5.97 Å². The van der Waals surface area contributed by atoms with Crippen molar-refractivity contribution in [3.05, 3.63) is 59.8 Å². The predicted molar refractivity (Wildman–Crippen MR) is 107 cm³/mol. The first-order valence-corrected chi connectivity index (χ1v) is 10.2. The first-order chi connectivity index (χ1) is 13.8. The molecule has 0 spiro atoms. The molecule has 1 atom stereocenters. The first-order valence-electron chi connectivity index (χ1n) is 8.76. The van der Waals surface area contributed by atoms with Gasteiger partial charge in [0.15, 0.2) is 0 Å². The number of aliphatic hydroxyl groups excluding tert-OH is 1. The van der Waals surface area contributed by atoms with Gasteiger partial charge in [-0.1, -0.05) is 6.07 Å². The number of sulfonamides is 1. The zero-order valence-electron chi connectivity index (χ0n) is 16.2. The molecule has 0 aliphatic carbocycles. The number of aryl methyl sites for hydroxylation is 1. The number of fused-ring (bicyclic) bond motifs is 1. The molecule has 2 N–H and O–H groups in total. The highest BCUT2D eigenvalue weighted by atomic mass is 32.2. The van der Waals surface area contributed by atoms with Gasteiger partial charge < -0.3 is 19.1 Å². The molecule has 8 nitrogen and oxygen atoms in total. The van der Waals surface area contributed by atoms with Crippen LogP contribution in [-0.4, -0.2) is 44.8 Å². The third-order valence-corrected chi connectivity index (χ3v) is 6.08. The van der Waals surface area contributed by atoms with Crippen LogP contribution in [0.2, 0.25) is 0 Å². The molecule has 1 aromatic heterocycles. The molecule has 0 aliphatic rings. The summed E-state index contributed by atoms with van der Waals surface area (Å²) in [5.41, 5.74) is 1.66. The van der Waals surface area contributed by atoms with Crippen LogP contribution in [0.15, 0.2) is 53.6 Å². The lowest BCUT2D eigenvalue weighted by atomic mass is 10.1. The van der Waals surface area contributed by atoms with Crippen molar-refractivity contribution < 1.29 is 27.8 Å². The molecule has 29 heavy (non-hydrogen) atoms. The van der Waals surface area contributed by atoms with E-state index in [2.05, 4.69) is 9.46 Å². The van der Waals surface area contributed by atoms with Gasteiger partial charge in [0, 0.05) is 25.3 Å². The van der Waals surface area contributed by atoms with Crippen molar-refractivity contribution in [2.45, 2.75) is 11.0 Å². The van der Waals surface area contributed by atoms with Crippen LogP contribution >= 0.6 is 0 Å². The number of nitrogens with one attached hydrogen (secondary N) is 1. The summed E-state index contributed by atoms with van der Waals surface area (Å²) >= 11 is 0. The van der Waals surface area contributed by atoms with Crippen LogP contribution in [0.3, 0.4) is 0 Å². The second kappa shape index (κ2) is 8.24. The normalized spacial score (nSPS) is 12.7. The van der Waals surface area contributed by atoms with Gasteiger partial charge in [0.2, 0.25) is 10.0 Å². The van der Waals surface area contributed by atoms with Gasteiger partial charge in [-0.3, -0.25) is 0 Å². The van der Waals surface area contributed by atoms with Crippen molar-refractivity contribution in [2.24, 2.45) is 7.05 Å². The van der Waals surface area contributed by atoms with E-state index in [1.54, 1.807) is 6.07 Å². The molecule has 3 rings (SSSR count). The molecule has 0 saturated heterocycles. The zero-order chi connectivity index (χ0) is 21.2. The second-order valence-corrected chi connectivity index (χ2v) is 8.21. The molecule has 0 radical (unpaired) electrons. The third-order valence-electron chi connectivity index (χ3n) is 4.63. The highest BCUT2D eigenvalue weighted by Crippen LogP contribution is 2.26. The number of rotatable bonds is 7. The summed E-state index contributed by atoms with van der Waals surface area (Å²) in [6.45, 7) is -0.244. The van der Waals surface area contributed by atoms with Crippen molar-refractivity contribution in [1.29, 1.82) is 0 Å². The number of aliphatic hydroxyl groups is 1. The fourth-order valence-corrected chi connectivity index (χ4v) is 4.25. The molecule has 1 unspecified atom stereocenters. The lowest BCUT2D eigenvalue weighted by molar-refractivity contribution is 0.0600. The molecule has 9 heteroatoms. The van der Waals surface area contributed by atoms with Crippen LogP contribution in [0.5, 0.6) is 5.75 Å². The molecule has 2 aromatic carbocycles. The van der Waals surface area contributed by atoms with Crippen LogP contribution in [0.4, 0.5) is 0 Å². The Kier molecular flexibility index (Phi) is 5.92. The summed E-state index contributed by atoms with van der Waals surface area (Å²) in [5, 5.41) is 11.4. The molecular formula is C20H22N2O6S. The summed E-state index contributed by atoms with van der Waals surface area (Å²) in [4.78, 5) is 11.5. The summed E-state index contributed by atoms with van der Waals surface area (Å²) in [6.07, 6.45) is 0.855. The van der Waals surface area contributed by atoms with E-state index in [9.17, 15) is 18.3 Å². The maximum Gasteiger partial charge on any atom is 0.337 e. The summed E-state index contributed by atoms with van der Waals surface area (Å²) in [6, 6.07) is 11.3. The van der Waals surface area contributed by atoms with Crippen LogP contribution < -0.4 is 9.46 Å². The van der Waals surface area contributed by atoms with Crippen molar-refractivity contribution >= 4 is 26.9 Å². The van der Waals surface area contributed by atoms with Crippen LogP contribution in [0, 0.1) is 0 Å². The lowest BCUT2D eigenvalue weighted by Gasteiger charge is -2.15. The van der Waals surface area contributed by atoms with Crippen molar-refractivity contribution in [3.8, 4) is 5.75 Å². The number of hydrogen-bond donors (Lipinski definition) is 2. The maximum atomic E-state index is 12.8. The molecular weight excluding hydrogens is 396 g/mol. The van der Waals surface area contributed by atoms with Crippen molar-refractivity contribution in [3.63, 3.8) is 0 Å². The highest BCUT2D eigenvalue weighted by Gasteiger charge is 2.23. The van der Waals surface area contributed by atoms with E-state index < -0.39 is 22.1 Å². The van der Waals surface area contributed by atoms with E-state index in [-0.39, 0.29) is 22.8 Å². The SMILES string of the molecule is COC(=O)c1ccc(OC)c(S(=O)(=O)NCC(O)c2ccc3c(ccn3C)c2)c1. The Balaban J connectivity index is 1.82. The van der Waals surface area contributed by atoms with E-state index in [1.165, 1.54) is 32.4 Å². The van der Waals surface area contributed by atoms with E-state index in [0.29, 0.717) is 5.56 Å². The minimum Gasteiger partial charge on any atom is -0.495 e. The number of carbonyl (C=O) groups excluding carboxylic acids is 1. The number of hydrogen-bond acceptors (Lipinski definition) is 6. The topological polar surface area (TPSA) is 107 Å². The smallest absolute Gasteiger partial charge is 0.337 e. The average Bonchev–Trinajstić information content (AvgIpc) is 3.11. The van der Waals surface area contributed by atoms with Gasteiger partial charge in [-0.15, -0.1) is 0 Å². The number of esters is 1. The van der Waals surface area contributed by atoms with Crippen LogP contribution in [0.1, 0.15) is 22.0 Å². The second-order valence-electron chi connectivity index (χ2n) is 6.47. The molecule has 0 aliphatic heterocycles. The third kappa shape index (κ3) is 4.26. The number of benzene rings is 2. The van der Waals surface area contributed by atoms with E-state index in [1.807, 2.05) is 36.0 Å². The summed E-state index contributed by atoms with van der Waals surface area (Å²) in [7, 11) is 0.400. The Morgan fingerprint density at radius 2 is 1.93 bits per heavy atom. The number of ether oxygens (including phenoxy) is 2. The minimum absolute atomic E-state index is 0.0729. The monoisotopic (exact) mass is 418 g/mol. The van der Waals surface area contributed by atoms with Gasteiger partial charge in [0.05, 0.1) is 25.9 Å². The van der Waals surface area contributed by atoms with Gasteiger partial charge in [0.25, 0.3) is 0 Å². The summed E-state index contributed by atoms with van der Waals surface area (Å²) < 4.78 is 39.6. The van der Waals surface area contributed by atoms with Crippen LogP contribution in [-0.2, 0) is 21.8 Å². The lowest BCUT2D eigenvalue weighted by Crippen LogP contribution is -2.29. The Bertz CT molecular complexity index is 1150. The largest absolute Gasteiger partial charge is 0.495 e. The first kappa shape index (κ1) is 20.8. The van der Waals surface area contributed by atoms with Gasteiger partial charge in [-0.05, 0) is 47.3 Å². The Hall–Kier alpha value is -2.88. The zero-order valence-corrected chi connectivity index (χ0v) is 17.1.